The van der Waals surface area contributed by atoms with E-state index in [0.29, 0.717) is 5.69 Å². The first-order valence-electron chi connectivity index (χ1n) is 6.58. The largest absolute Gasteiger partial charge is 0.461 e. The lowest BCUT2D eigenvalue weighted by molar-refractivity contribution is -0.136. The normalized spacial score (nSPS) is 23.2. The average molecular weight is 367 g/mol. The van der Waals surface area contributed by atoms with Gasteiger partial charge in [-0.2, -0.15) is 0 Å². The highest BCUT2D eigenvalue weighted by molar-refractivity contribution is 9.10. The van der Waals surface area contributed by atoms with Crippen molar-refractivity contribution in [1.82, 2.24) is 0 Å². The number of carbonyl (C=O) groups excluding carboxylic acids is 3. The SMILES string of the molecule is CCOC(=O)C1=NO[C@@H]2C(=O)N(c3ccc(Br)cc3)C(=O)[C@H]12. The van der Waals surface area contributed by atoms with Crippen molar-refractivity contribution in [3.63, 3.8) is 0 Å². The van der Waals surface area contributed by atoms with Crippen molar-refractivity contribution in [1.29, 1.82) is 0 Å². The number of carbonyl (C=O) groups is 3. The molecule has 2 aliphatic heterocycles. The fourth-order valence-corrected chi connectivity index (χ4v) is 2.66. The minimum absolute atomic E-state index is 0.147. The summed E-state index contributed by atoms with van der Waals surface area (Å²) in [4.78, 5) is 42.7. The van der Waals surface area contributed by atoms with Gasteiger partial charge in [0.15, 0.2) is 5.71 Å². The fraction of sp³-hybridized carbons (Fsp3) is 0.286. The second kappa shape index (κ2) is 5.53. The Morgan fingerprint density at radius 3 is 2.64 bits per heavy atom. The first-order valence-corrected chi connectivity index (χ1v) is 7.38. The minimum atomic E-state index is -1.10. The molecule has 22 heavy (non-hydrogen) atoms. The van der Waals surface area contributed by atoms with Crippen LogP contribution in [0.3, 0.4) is 0 Å². The van der Waals surface area contributed by atoms with Gasteiger partial charge in [-0.05, 0) is 31.2 Å². The molecule has 0 saturated carbocycles. The lowest BCUT2D eigenvalue weighted by atomic mass is 10.00. The number of anilines is 1. The molecule has 3 rings (SSSR count). The molecule has 7 nitrogen and oxygen atoms in total. The van der Waals surface area contributed by atoms with E-state index < -0.39 is 29.8 Å². The lowest BCUT2D eigenvalue weighted by Crippen LogP contribution is -2.34. The summed E-state index contributed by atoms with van der Waals surface area (Å²) in [5.74, 6) is -2.87. The average Bonchev–Trinajstić information content (AvgIpc) is 3.03. The van der Waals surface area contributed by atoms with Gasteiger partial charge in [-0.15, -0.1) is 0 Å². The van der Waals surface area contributed by atoms with E-state index in [1.807, 2.05) is 0 Å². The molecule has 0 bridgehead atoms. The molecule has 114 valence electrons. The summed E-state index contributed by atoms with van der Waals surface area (Å²) in [5.41, 5.74) is 0.254. The van der Waals surface area contributed by atoms with Gasteiger partial charge >= 0.3 is 5.97 Å². The predicted molar refractivity (Wildman–Crippen MR) is 79.1 cm³/mol. The van der Waals surface area contributed by atoms with Crippen LogP contribution in [0, 0.1) is 5.92 Å². The number of hydrogen-bond donors (Lipinski definition) is 0. The van der Waals surface area contributed by atoms with E-state index in [9.17, 15) is 14.4 Å². The first kappa shape index (κ1) is 14.7. The molecular formula is C14H11BrN2O5. The summed E-state index contributed by atoms with van der Waals surface area (Å²) >= 11 is 3.29. The molecule has 0 N–H and O–H groups in total. The van der Waals surface area contributed by atoms with Crippen molar-refractivity contribution in [3.8, 4) is 0 Å². The molecule has 1 fully saturated rings. The van der Waals surface area contributed by atoms with Crippen molar-refractivity contribution in [2.75, 3.05) is 11.5 Å². The Balaban J connectivity index is 1.91. The third-order valence-electron chi connectivity index (χ3n) is 3.38. The molecule has 1 saturated heterocycles. The highest BCUT2D eigenvalue weighted by atomic mass is 79.9. The molecule has 0 radical (unpaired) electrons. The van der Waals surface area contributed by atoms with Gasteiger partial charge in [0.25, 0.3) is 5.91 Å². The molecule has 2 atom stereocenters. The van der Waals surface area contributed by atoms with Crippen LogP contribution in [0.5, 0.6) is 0 Å². The molecule has 0 aliphatic carbocycles. The number of halogens is 1. The molecule has 2 amide bonds. The smallest absolute Gasteiger partial charge is 0.357 e. The molecule has 0 spiro atoms. The number of imide groups is 1. The molecule has 0 unspecified atom stereocenters. The number of oxime groups is 1. The third kappa shape index (κ3) is 2.19. The van der Waals surface area contributed by atoms with Crippen molar-refractivity contribution in [2.24, 2.45) is 11.1 Å². The number of rotatable bonds is 3. The zero-order chi connectivity index (χ0) is 15.9. The van der Waals surface area contributed by atoms with Crippen LogP contribution in [0.4, 0.5) is 5.69 Å². The number of benzene rings is 1. The van der Waals surface area contributed by atoms with Crippen molar-refractivity contribution < 1.29 is 24.0 Å². The van der Waals surface area contributed by atoms with Gasteiger partial charge in [-0.1, -0.05) is 21.1 Å². The maximum atomic E-state index is 12.5. The van der Waals surface area contributed by atoms with Gasteiger partial charge in [0.1, 0.15) is 5.92 Å². The van der Waals surface area contributed by atoms with Crippen molar-refractivity contribution >= 4 is 45.1 Å². The van der Waals surface area contributed by atoms with Crippen molar-refractivity contribution in [3.05, 3.63) is 28.7 Å². The van der Waals surface area contributed by atoms with E-state index in [-0.39, 0.29) is 12.3 Å². The van der Waals surface area contributed by atoms with Gasteiger partial charge in [0.2, 0.25) is 12.0 Å². The van der Waals surface area contributed by atoms with E-state index in [4.69, 9.17) is 9.57 Å². The van der Waals surface area contributed by atoms with E-state index in [2.05, 4.69) is 21.1 Å². The Kier molecular flexibility index (Phi) is 3.69. The first-order chi connectivity index (χ1) is 10.5. The standard InChI is InChI=1S/C14H11BrN2O5/c1-2-21-14(20)10-9-11(22-16-10)13(19)17(12(9)18)8-5-3-7(15)4-6-8/h3-6,9,11H,2H2,1H3/t9-,11+/m1/s1. The number of hydrogen-bond acceptors (Lipinski definition) is 6. The number of ether oxygens (including phenoxy) is 1. The Bertz CT molecular complexity index is 685. The van der Waals surface area contributed by atoms with Crippen LogP contribution in [-0.4, -0.2) is 36.2 Å². The molecule has 8 heteroatoms. The van der Waals surface area contributed by atoms with Gasteiger partial charge in [-0.3, -0.25) is 9.59 Å². The quantitative estimate of drug-likeness (QED) is 0.593. The van der Waals surface area contributed by atoms with E-state index in [1.54, 1.807) is 31.2 Å². The fourth-order valence-electron chi connectivity index (χ4n) is 2.40. The van der Waals surface area contributed by atoms with E-state index >= 15 is 0 Å². The molecule has 2 heterocycles. The maximum Gasteiger partial charge on any atom is 0.357 e. The number of esters is 1. The summed E-state index contributed by atoms with van der Waals surface area (Å²) in [6, 6.07) is 6.68. The second-order valence-electron chi connectivity index (χ2n) is 4.69. The molecule has 1 aromatic carbocycles. The molecule has 1 aromatic rings. The van der Waals surface area contributed by atoms with Gasteiger partial charge < -0.3 is 9.57 Å². The van der Waals surface area contributed by atoms with Crippen LogP contribution in [0.15, 0.2) is 33.9 Å². The highest BCUT2D eigenvalue weighted by Crippen LogP contribution is 2.33. The Hall–Kier alpha value is -2.22. The Morgan fingerprint density at radius 2 is 2.00 bits per heavy atom. The molecule has 0 aromatic heterocycles. The molecular weight excluding hydrogens is 356 g/mol. The number of nitrogens with zero attached hydrogens (tertiary/aromatic N) is 2. The Labute approximate surface area is 134 Å². The van der Waals surface area contributed by atoms with Crippen LogP contribution in [0.25, 0.3) is 0 Å². The summed E-state index contributed by atoms with van der Waals surface area (Å²) < 4.78 is 5.66. The van der Waals surface area contributed by atoms with Crippen LogP contribution >= 0.6 is 15.9 Å². The summed E-state index contributed by atoms with van der Waals surface area (Å²) in [7, 11) is 0. The van der Waals surface area contributed by atoms with Crippen LogP contribution in [-0.2, 0) is 24.0 Å². The summed E-state index contributed by atoms with van der Waals surface area (Å²) in [5, 5.41) is 3.55. The predicted octanol–water partition coefficient (Wildman–Crippen LogP) is 1.26. The lowest BCUT2D eigenvalue weighted by Gasteiger charge is -2.15. The zero-order valence-electron chi connectivity index (χ0n) is 11.5. The van der Waals surface area contributed by atoms with E-state index in [1.165, 1.54) is 0 Å². The summed E-state index contributed by atoms with van der Waals surface area (Å²) in [6.45, 7) is 1.79. The van der Waals surface area contributed by atoms with E-state index in [0.717, 1.165) is 9.37 Å². The highest BCUT2D eigenvalue weighted by Gasteiger charge is 2.58. The second-order valence-corrected chi connectivity index (χ2v) is 5.60. The van der Waals surface area contributed by atoms with Crippen LogP contribution in [0.2, 0.25) is 0 Å². The number of amides is 2. The molecule has 2 aliphatic rings. The maximum absolute atomic E-state index is 12.5. The summed E-state index contributed by atoms with van der Waals surface area (Å²) in [6.07, 6.45) is -1.10. The topological polar surface area (TPSA) is 85.3 Å². The van der Waals surface area contributed by atoms with Crippen molar-refractivity contribution in [2.45, 2.75) is 13.0 Å². The third-order valence-corrected chi connectivity index (χ3v) is 3.91. The monoisotopic (exact) mass is 366 g/mol. The van der Waals surface area contributed by atoms with Gasteiger partial charge in [0.05, 0.1) is 12.3 Å². The Morgan fingerprint density at radius 1 is 1.32 bits per heavy atom. The minimum Gasteiger partial charge on any atom is -0.461 e. The van der Waals surface area contributed by atoms with Gasteiger partial charge in [0, 0.05) is 4.47 Å². The zero-order valence-corrected chi connectivity index (χ0v) is 13.1. The number of fused-ring (bicyclic) bond motifs is 1. The van der Waals surface area contributed by atoms with Crippen LogP contribution < -0.4 is 4.90 Å². The van der Waals surface area contributed by atoms with Gasteiger partial charge in [-0.25, -0.2) is 9.69 Å². The van der Waals surface area contributed by atoms with Crippen LogP contribution in [0.1, 0.15) is 6.92 Å².